The van der Waals surface area contributed by atoms with Crippen LogP contribution in [0.25, 0.3) is 0 Å². The van der Waals surface area contributed by atoms with E-state index in [2.05, 4.69) is 50.4 Å². The molecule has 2 aromatic carbocycles. The Balaban J connectivity index is 2.52. The van der Waals surface area contributed by atoms with E-state index in [0.717, 1.165) is 16.7 Å². The fraction of sp³-hybridized carbons (Fsp3) is 0.333. The van der Waals surface area contributed by atoms with Crippen molar-refractivity contribution in [3.05, 3.63) is 60.7 Å². The third kappa shape index (κ3) is 4.84. The molecule has 144 valence electrons. The first kappa shape index (κ1) is 20.9. The Labute approximate surface area is 161 Å². The van der Waals surface area contributed by atoms with Gasteiger partial charge < -0.3 is 19.6 Å². The molecule has 0 radical (unpaired) electrons. The Morgan fingerprint density at radius 1 is 1.07 bits per heavy atom. The maximum atomic E-state index is 11.1. The molecule has 0 spiro atoms. The lowest BCUT2D eigenvalue weighted by Crippen LogP contribution is -2.67. The van der Waals surface area contributed by atoms with Gasteiger partial charge in [0, 0.05) is 6.42 Å². The highest BCUT2D eigenvalue weighted by Crippen LogP contribution is 2.36. The van der Waals surface area contributed by atoms with Crippen LogP contribution in [0.1, 0.15) is 27.2 Å². The quantitative estimate of drug-likeness (QED) is 0.541. The molecule has 0 saturated carbocycles. The molecule has 2 rings (SSSR count). The second-order valence-corrected chi connectivity index (χ2v) is 11.8. The van der Waals surface area contributed by atoms with Crippen LogP contribution >= 0.6 is 0 Å². The first-order chi connectivity index (χ1) is 12.8. The van der Waals surface area contributed by atoms with Crippen LogP contribution in [0.3, 0.4) is 0 Å². The van der Waals surface area contributed by atoms with Gasteiger partial charge in [0.2, 0.25) is 0 Å². The van der Waals surface area contributed by atoms with Crippen LogP contribution in [-0.2, 0) is 9.22 Å². The lowest BCUT2D eigenvalue weighted by molar-refractivity contribution is -0.108. The van der Waals surface area contributed by atoms with Gasteiger partial charge in [-0.15, -0.1) is 0 Å². The summed E-state index contributed by atoms with van der Waals surface area (Å²) in [5.41, 5.74) is 0. The smallest absolute Gasteiger partial charge is 0.404 e. The number of carboxylic acid groups (broad SMARTS) is 1. The topological polar surface area (TPSA) is 75.6 Å². The molecule has 0 heterocycles. The Bertz CT molecular complexity index is 704. The normalized spacial score (nSPS) is 13.0. The summed E-state index contributed by atoms with van der Waals surface area (Å²) in [6.45, 7) is 6.59. The summed E-state index contributed by atoms with van der Waals surface area (Å²) in [6, 6.07) is 19.6. The van der Waals surface area contributed by atoms with Gasteiger partial charge in [0.25, 0.3) is 8.32 Å². The second-order valence-electron chi connectivity index (χ2n) is 7.52. The van der Waals surface area contributed by atoms with E-state index in [0.29, 0.717) is 0 Å². The largest absolute Gasteiger partial charge is 0.465 e. The highest BCUT2D eigenvalue weighted by molar-refractivity contribution is 6.99. The van der Waals surface area contributed by atoms with E-state index >= 15 is 0 Å². The number of hydrogen-bond acceptors (Lipinski definition) is 3. The number of carbonyl (C=O) groups is 2. The zero-order valence-corrected chi connectivity index (χ0v) is 17.0. The van der Waals surface area contributed by atoms with E-state index in [-0.39, 0.29) is 18.1 Å². The van der Waals surface area contributed by atoms with Crippen molar-refractivity contribution < 1.29 is 19.1 Å². The second kappa shape index (κ2) is 8.97. The van der Waals surface area contributed by atoms with Gasteiger partial charge in [0.05, 0.1) is 12.6 Å². The maximum absolute atomic E-state index is 11.1. The standard InChI is InChI=1S/C21H27NO4Si/c1-21(2,3)27(18-10-6-4-7-11-18,19-12-8-5-9-13-19)26-16-17(14-15-23)22-20(24)25/h4-13,15,17,22H,14,16H2,1-3H3,(H,24,25)/t17-/m0/s1. The zero-order valence-electron chi connectivity index (χ0n) is 16.0. The van der Waals surface area contributed by atoms with Crippen molar-refractivity contribution in [1.82, 2.24) is 5.32 Å². The summed E-state index contributed by atoms with van der Waals surface area (Å²) >= 11 is 0. The van der Waals surface area contributed by atoms with Gasteiger partial charge in [-0.25, -0.2) is 4.79 Å². The Morgan fingerprint density at radius 2 is 1.56 bits per heavy atom. The Kier molecular flexibility index (Phi) is 6.93. The van der Waals surface area contributed by atoms with Crippen molar-refractivity contribution >= 4 is 31.1 Å². The van der Waals surface area contributed by atoms with Crippen LogP contribution in [0.15, 0.2) is 60.7 Å². The number of hydrogen-bond donors (Lipinski definition) is 2. The predicted octanol–water partition coefficient (Wildman–Crippen LogP) is 2.79. The van der Waals surface area contributed by atoms with Gasteiger partial charge >= 0.3 is 6.09 Å². The molecule has 5 nitrogen and oxygen atoms in total. The van der Waals surface area contributed by atoms with Crippen molar-refractivity contribution in [2.24, 2.45) is 0 Å². The van der Waals surface area contributed by atoms with Crippen molar-refractivity contribution in [1.29, 1.82) is 0 Å². The SMILES string of the molecule is CC(C)(C)[Si](OC[C@H](CC=O)NC(=O)O)(c1ccccc1)c1ccccc1. The third-order valence-corrected chi connectivity index (χ3v) is 9.63. The number of aldehydes is 1. The highest BCUT2D eigenvalue weighted by Gasteiger charge is 2.50. The van der Waals surface area contributed by atoms with Crippen LogP contribution in [-0.4, -0.2) is 38.5 Å². The van der Waals surface area contributed by atoms with Crippen molar-refractivity contribution in [3.63, 3.8) is 0 Å². The van der Waals surface area contributed by atoms with Gasteiger partial charge in [-0.05, 0) is 15.4 Å². The summed E-state index contributed by atoms with van der Waals surface area (Å²) in [5.74, 6) is 0. The molecule has 27 heavy (non-hydrogen) atoms. The number of amides is 1. The minimum Gasteiger partial charge on any atom is -0.465 e. The lowest BCUT2D eigenvalue weighted by atomic mass is 10.2. The van der Waals surface area contributed by atoms with Crippen LogP contribution in [0.4, 0.5) is 4.79 Å². The van der Waals surface area contributed by atoms with E-state index in [1.165, 1.54) is 0 Å². The van der Waals surface area contributed by atoms with E-state index in [1.807, 2.05) is 36.4 Å². The Hall–Kier alpha value is -2.44. The van der Waals surface area contributed by atoms with E-state index in [4.69, 9.17) is 9.53 Å². The summed E-state index contributed by atoms with van der Waals surface area (Å²) in [4.78, 5) is 22.1. The fourth-order valence-electron chi connectivity index (χ4n) is 3.45. The van der Waals surface area contributed by atoms with Gasteiger partial charge in [0.15, 0.2) is 0 Å². The molecular formula is C21H27NO4Si. The third-order valence-electron chi connectivity index (χ3n) is 4.63. The van der Waals surface area contributed by atoms with Crippen LogP contribution < -0.4 is 15.7 Å². The molecule has 1 atom stereocenters. The van der Waals surface area contributed by atoms with Crippen molar-refractivity contribution in [3.8, 4) is 0 Å². The van der Waals surface area contributed by atoms with Crippen LogP contribution in [0.5, 0.6) is 0 Å². The first-order valence-corrected chi connectivity index (χ1v) is 10.9. The summed E-state index contributed by atoms with van der Waals surface area (Å²) < 4.78 is 6.64. The maximum Gasteiger partial charge on any atom is 0.404 e. The average molecular weight is 386 g/mol. The van der Waals surface area contributed by atoms with Crippen LogP contribution in [0.2, 0.25) is 5.04 Å². The molecule has 2 aromatic rings. The molecule has 6 heteroatoms. The molecule has 0 aliphatic heterocycles. The summed E-state index contributed by atoms with van der Waals surface area (Å²) in [5, 5.41) is 13.5. The lowest BCUT2D eigenvalue weighted by Gasteiger charge is -2.43. The van der Waals surface area contributed by atoms with Gasteiger partial charge in [-0.3, -0.25) is 0 Å². The predicted molar refractivity (Wildman–Crippen MR) is 109 cm³/mol. The molecule has 2 N–H and O–H groups in total. The molecule has 0 unspecified atom stereocenters. The highest BCUT2D eigenvalue weighted by atomic mass is 28.4. The molecular weight excluding hydrogens is 358 g/mol. The molecule has 0 aliphatic rings. The minimum absolute atomic E-state index is 0.0739. The zero-order chi connectivity index (χ0) is 19.9. The van der Waals surface area contributed by atoms with E-state index < -0.39 is 20.5 Å². The van der Waals surface area contributed by atoms with Crippen molar-refractivity contribution in [2.45, 2.75) is 38.3 Å². The van der Waals surface area contributed by atoms with E-state index in [1.54, 1.807) is 0 Å². The minimum atomic E-state index is -2.74. The van der Waals surface area contributed by atoms with Crippen LogP contribution in [0, 0.1) is 0 Å². The van der Waals surface area contributed by atoms with Crippen molar-refractivity contribution in [2.75, 3.05) is 6.61 Å². The monoisotopic (exact) mass is 385 g/mol. The molecule has 0 aromatic heterocycles. The molecule has 0 bridgehead atoms. The number of nitrogens with one attached hydrogen (secondary N) is 1. The first-order valence-electron chi connectivity index (χ1n) is 8.99. The number of benzene rings is 2. The number of carbonyl (C=O) groups excluding carboxylic acids is 1. The molecule has 0 fully saturated rings. The average Bonchev–Trinajstić information content (AvgIpc) is 2.62. The number of rotatable bonds is 8. The molecule has 0 saturated heterocycles. The summed E-state index contributed by atoms with van der Waals surface area (Å²) in [6.07, 6.45) is -0.368. The fourth-order valence-corrected chi connectivity index (χ4v) is 8.05. The molecule has 1 amide bonds. The van der Waals surface area contributed by atoms with E-state index in [9.17, 15) is 9.59 Å². The Morgan fingerprint density at radius 3 is 1.93 bits per heavy atom. The van der Waals surface area contributed by atoms with Gasteiger partial charge in [-0.1, -0.05) is 81.4 Å². The van der Waals surface area contributed by atoms with Gasteiger partial charge in [0.1, 0.15) is 6.29 Å². The van der Waals surface area contributed by atoms with Gasteiger partial charge in [-0.2, -0.15) is 0 Å². The molecule has 0 aliphatic carbocycles. The summed E-state index contributed by atoms with van der Waals surface area (Å²) in [7, 11) is -2.74.